The minimum absolute atomic E-state index is 0.0219. The normalized spacial score (nSPS) is 12.9. The molecule has 0 amide bonds. The molecule has 0 bridgehead atoms. The van der Waals surface area contributed by atoms with E-state index in [9.17, 15) is 9.59 Å². The summed E-state index contributed by atoms with van der Waals surface area (Å²) >= 11 is 0. The van der Waals surface area contributed by atoms with Gasteiger partial charge < -0.3 is 14.4 Å². The van der Waals surface area contributed by atoms with Crippen LogP contribution in [-0.4, -0.2) is 50.2 Å². The van der Waals surface area contributed by atoms with Crippen LogP contribution in [0.25, 0.3) is 0 Å². The summed E-state index contributed by atoms with van der Waals surface area (Å²) in [6, 6.07) is 0. The van der Waals surface area contributed by atoms with Gasteiger partial charge in [0.2, 0.25) is 0 Å². The number of esters is 2. The Hall–Kier alpha value is -1.10. The highest BCUT2D eigenvalue weighted by Crippen LogP contribution is 2.21. The number of carbonyl (C=O) groups excluding carboxylic acids is 2. The van der Waals surface area contributed by atoms with Crippen LogP contribution in [0.1, 0.15) is 175 Å². The minimum Gasteiger partial charge on any atom is -0.462 e. The Bertz CT molecular complexity index is 566. The Morgan fingerprint density at radius 1 is 0.575 bits per heavy atom. The minimum atomic E-state index is -0.324. The fourth-order valence-corrected chi connectivity index (χ4v) is 5.30. The predicted octanol–water partition coefficient (Wildman–Crippen LogP) is 10.0. The predicted molar refractivity (Wildman–Crippen MR) is 171 cm³/mol. The van der Waals surface area contributed by atoms with Gasteiger partial charge in [0.15, 0.2) is 0 Å². The Morgan fingerprint density at radius 2 is 1.00 bits per heavy atom. The van der Waals surface area contributed by atoms with Crippen LogP contribution in [0.4, 0.5) is 0 Å². The van der Waals surface area contributed by atoms with Crippen LogP contribution in [-0.2, 0) is 19.1 Å². The molecule has 5 nitrogen and oxygen atoms in total. The van der Waals surface area contributed by atoms with Gasteiger partial charge in [-0.25, -0.2) is 0 Å². The average Bonchev–Trinajstić information content (AvgIpc) is 2.93. The molecule has 0 spiro atoms. The molecule has 0 rings (SSSR count). The number of rotatable bonds is 30. The molecule has 238 valence electrons. The number of carbonyl (C=O) groups is 2. The third kappa shape index (κ3) is 25.8. The molecule has 40 heavy (non-hydrogen) atoms. The van der Waals surface area contributed by atoms with Gasteiger partial charge in [-0.15, -0.1) is 0 Å². The molecule has 2 atom stereocenters. The second kappa shape index (κ2) is 29.4. The highest BCUT2D eigenvalue weighted by molar-refractivity contribution is 5.72. The maximum absolute atomic E-state index is 13.1. The van der Waals surface area contributed by atoms with Crippen molar-refractivity contribution in [3.63, 3.8) is 0 Å². The summed E-state index contributed by atoms with van der Waals surface area (Å²) in [5, 5.41) is 0. The van der Waals surface area contributed by atoms with Crippen LogP contribution in [0, 0.1) is 5.92 Å². The molecular weight excluding hydrogens is 498 g/mol. The zero-order valence-electron chi connectivity index (χ0n) is 27.6. The number of unbranched alkanes of at least 4 members (excludes halogenated alkanes) is 16. The number of nitrogens with zero attached hydrogens (tertiary/aromatic N) is 1. The van der Waals surface area contributed by atoms with Gasteiger partial charge in [0.25, 0.3) is 0 Å². The topological polar surface area (TPSA) is 55.8 Å². The Kier molecular flexibility index (Phi) is 28.6. The van der Waals surface area contributed by atoms with Crippen molar-refractivity contribution in [1.82, 2.24) is 4.90 Å². The molecule has 0 fully saturated rings. The van der Waals surface area contributed by atoms with Crippen LogP contribution in [0.5, 0.6) is 0 Å². The molecule has 0 aliphatic rings. The Morgan fingerprint density at radius 3 is 1.50 bits per heavy atom. The summed E-state index contributed by atoms with van der Waals surface area (Å²) in [4.78, 5) is 27.8. The summed E-state index contributed by atoms with van der Waals surface area (Å²) in [5.41, 5.74) is 0. The van der Waals surface area contributed by atoms with Gasteiger partial charge in [-0.05, 0) is 52.7 Å². The molecule has 0 aliphatic heterocycles. The molecule has 0 saturated carbocycles. The van der Waals surface area contributed by atoms with Crippen LogP contribution in [0.15, 0.2) is 0 Å². The van der Waals surface area contributed by atoms with Gasteiger partial charge in [0.1, 0.15) is 12.7 Å². The molecule has 0 aromatic heterocycles. The smallest absolute Gasteiger partial charge is 0.309 e. The number of hydrogen-bond donors (Lipinski definition) is 0. The summed E-state index contributed by atoms with van der Waals surface area (Å²) in [5.74, 6) is -0.268. The highest BCUT2D eigenvalue weighted by Gasteiger charge is 2.22. The van der Waals surface area contributed by atoms with E-state index >= 15 is 0 Å². The van der Waals surface area contributed by atoms with Crippen molar-refractivity contribution < 1.29 is 19.1 Å². The van der Waals surface area contributed by atoms with E-state index in [4.69, 9.17) is 9.47 Å². The SMILES string of the molecule is CCCCCCCCCCCC(COC(=O)C(CCCCC)CCCCCCCCC)OC(=O)CCCN(C)C. The fraction of sp³-hybridized carbons (Fsp3) is 0.943. The van der Waals surface area contributed by atoms with Gasteiger partial charge in [-0.2, -0.15) is 0 Å². The lowest BCUT2D eigenvalue weighted by Gasteiger charge is -2.21. The van der Waals surface area contributed by atoms with Gasteiger partial charge in [0.05, 0.1) is 5.92 Å². The molecule has 0 aliphatic carbocycles. The van der Waals surface area contributed by atoms with E-state index < -0.39 is 0 Å². The van der Waals surface area contributed by atoms with Gasteiger partial charge >= 0.3 is 11.9 Å². The van der Waals surface area contributed by atoms with Gasteiger partial charge in [0, 0.05) is 6.42 Å². The Labute approximate surface area is 249 Å². The van der Waals surface area contributed by atoms with Crippen LogP contribution in [0.3, 0.4) is 0 Å². The van der Waals surface area contributed by atoms with E-state index in [0.29, 0.717) is 6.42 Å². The second-order valence-electron chi connectivity index (χ2n) is 12.4. The van der Waals surface area contributed by atoms with Crippen molar-refractivity contribution in [1.29, 1.82) is 0 Å². The monoisotopic (exact) mass is 568 g/mol. The Balaban J connectivity index is 4.70. The molecule has 2 unspecified atom stereocenters. The van der Waals surface area contributed by atoms with Gasteiger partial charge in [-0.3, -0.25) is 9.59 Å². The number of ether oxygens (including phenoxy) is 2. The summed E-state index contributed by atoms with van der Waals surface area (Å²) in [6.07, 6.45) is 27.0. The lowest BCUT2D eigenvalue weighted by atomic mass is 9.94. The van der Waals surface area contributed by atoms with E-state index in [0.717, 1.165) is 70.8 Å². The molecule has 0 aromatic carbocycles. The summed E-state index contributed by atoms with van der Waals surface area (Å²) < 4.78 is 11.7. The molecule has 0 heterocycles. The van der Waals surface area contributed by atoms with Crippen LogP contribution < -0.4 is 0 Å². The molecule has 0 aromatic rings. The quantitative estimate of drug-likeness (QED) is 0.0638. The third-order valence-electron chi connectivity index (χ3n) is 7.97. The second-order valence-corrected chi connectivity index (χ2v) is 12.4. The first kappa shape index (κ1) is 38.9. The first-order valence-electron chi connectivity index (χ1n) is 17.4. The molecule has 0 N–H and O–H groups in total. The molecule has 0 saturated heterocycles. The molecular formula is C35H69NO4. The van der Waals surface area contributed by atoms with E-state index in [-0.39, 0.29) is 30.6 Å². The number of hydrogen-bond acceptors (Lipinski definition) is 5. The zero-order chi connectivity index (χ0) is 29.7. The largest absolute Gasteiger partial charge is 0.462 e. The average molecular weight is 568 g/mol. The lowest BCUT2D eigenvalue weighted by Crippen LogP contribution is -2.28. The fourth-order valence-electron chi connectivity index (χ4n) is 5.30. The third-order valence-corrected chi connectivity index (χ3v) is 7.97. The molecule has 0 radical (unpaired) electrons. The van der Waals surface area contributed by atoms with Crippen LogP contribution >= 0.6 is 0 Å². The summed E-state index contributed by atoms with van der Waals surface area (Å²) in [6.45, 7) is 7.78. The van der Waals surface area contributed by atoms with Crippen molar-refractivity contribution in [2.45, 2.75) is 181 Å². The van der Waals surface area contributed by atoms with Crippen molar-refractivity contribution in [3.8, 4) is 0 Å². The molecule has 5 heteroatoms. The van der Waals surface area contributed by atoms with E-state index in [1.807, 2.05) is 14.1 Å². The first-order chi connectivity index (χ1) is 19.4. The van der Waals surface area contributed by atoms with Crippen molar-refractivity contribution >= 4 is 11.9 Å². The maximum atomic E-state index is 13.1. The van der Waals surface area contributed by atoms with Crippen LogP contribution in [0.2, 0.25) is 0 Å². The van der Waals surface area contributed by atoms with Crippen molar-refractivity contribution in [2.75, 3.05) is 27.2 Å². The van der Waals surface area contributed by atoms with Gasteiger partial charge in [-0.1, -0.05) is 136 Å². The van der Waals surface area contributed by atoms with E-state index in [1.54, 1.807) is 0 Å². The zero-order valence-corrected chi connectivity index (χ0v) is 27.6. The van der Waals surface area contributed by atoms with Crippen molar-refractivity contribution in [3.05, 3.63) is 0 Å². The maximum Gasteiger partial charge on any atom is 0.309 e. The van der Waals surface area contributed by atoms with E-state index in [1.165, 1.54) is 83.5 Å². The van der Waals surface area contributed by atoms with Crippen molar-refractivity contribution in [2.24, 2.45) is 5.92 Å². The highest BCUT2D eigenvalue weighted by atomic mass is 16.6. The summed E-state index contributed by atoms with van der Waals surface area (Å²) in [7, 11) is 4.03. The van der Waals surface area contributed by atoms with E-state index in [2.05, 4.69) is 25.7 Å². The lowest BCUT2D eigenvalue weighted by molar-refractivity contribution is -0.162. The standard InChI is InChI=1S/C35H69NO4/c1-6-9-12-14-16-17-19-21-24-28-33(40-34(37)29-25-30-36(4)5)31-39-35(38)32(26-22-11-8-3)27-23-20-18-15-13-10-7-2/h32-33H,6-31H2,1-5H3. The first-order valence-corrected chi connectivity index (χ1v) is 17.4.